The van der Waals surface area contributed by atoms with Crippen molar-refractivity contribution in [2.75, 3.05) is 13.2 Å². The maximum Gasteiger partial charge on any atom is 0.130 e. The van der Waals surface area contributed by atoms with Crippen molar-refractivity contribution in [2.24, 2.45) is 5.73 Å². The first-order valence-electron chi connectivity index (χ1n) is 6.41. The van der Waals surface area contributed by atoms with Crippen molar-refractivity contribution in [1.82, 2.24) is 0 Å². The van der Waals surface area contributed by atoms with Crippen molar-refractivity contribution in [2.45, 2.75) is 12.3 Å². The van der Waals surface area contributed by atoms with E-state index in [9.17, 15) is 0 Å². The van der Waals surface area contributed by atoms with Gasteiger partial charge in [-0.3, -0.25) is 0 Å². The van der Waals surface area contributed by atoms with Gasteiger partial charge < -0.3 is 10.5 Å². The molecule has 1 heterocycles. The third kappa shape index (κ3) is 1.89. The Morgan fingerprint density at radius 2 is 1.89 bits per heavy atom. The molecule has 2 heteroatoms. The Kier molecular flexibility index (Phi) is 3.03. The Balaban J connectivity index is 2.12. The first-order valence-corrected chi connectivity index (χ1v) is 6.41. The molecule has 2 aromatic carbocycles. The standard InChI is InChI=1S/C16H17NO/c17-11-13-9-10-18-16-14(7-4-8-15(13)16)12-5-2-1-3-6-12/h1-8,13H,9-11,17H2/t13-/m1/s1. The Labute approximate surface area is 107 Å². The minimum atomic E-state index is 0.428. The normalized spacial score (nSPS) is 17.9. The van der Waals surface area contributed by atoms with Crippen molar-refractivity contribution in [3.05, 3.63) is 54.1 Å². The van der Waals surface area contributed by atoms with Crippen LogP contribution in [0, 0.1) is 0 Å². The quantitative estimate of drug-likeness (QED) is 0.873. The molecule has 2 N–H and O–H groups in total. The molecule has 18 heavy (non-hydrogen) atoms. The van der Waals surface area contributed by atoms with Gasteiger partial charge in [0.15, 0.2) is 0 Å². The summed E-state index contributed by atoms with van der Waals surface area (Å²) in [6.45, 7) is 1.45. The third-order valence-electron chi connectivity index (χ3n) is 3.57. The van der Waals surface area contributed by atoms with Crippen molar-refractivity contribution in [3.8, 4) is 16.9 Å². The molecule has 0 spiro atoms. The van der Waals surface area contributed by atoms with Gasteiger partial charge in [-0.15, -0.1) is 0 Å². The van der Waals surface area contributed by atoms with Gasteiger partial charge in [0, 0.05) is 11.5 Å². The summed E-state index contributed by atoms with van der Waals surface area (Å²) in [5.74, 6) is 1.45. The highest BCUT2D eigenvalue weighted by molar-refractivity contribution is 5.72. The lowest BCUT2D eigenvalue weighted by atomic mass is 9.90. The monoisotopic (exact) mass is 239 g/mol. The lowest BCUT2D eigenvalue weighted by Crippen LogP contribution is -2.21. The van der Waals surface area contributed by atoms with Gasteiger partial charge in [-0.25, -0.2) is 0 Å². The van der Waals surface area contributed by atoms with Gasteiger partial charge in [0.05, 0.1) is 6.61 Å². The summed E-state index contributed by atoms with van der Waals surface area (Å²) in [5, 5.41) is 0. The first-order chi connectivity index (χ1) is 8.90. The van der Waals surface area contributed by atoms with Crippen LogP contribution in [-0.4, -0.2) is 13.2 Å². The molecule has 2 aromatic rings. The van der Waals surface area contributed by atoms with Gasteiger partial charge in [-0.2, -0.15) is 0 Å². The number of hydrogen-bond donors (Lipinski definition) is 1. The molecule has 0 saturated heterocycles. The van der Waals surface area contributed by atoms with Crippen LogP contribution < -0.4 is 10.5 Å². The number of ether oxygens (including phenoxy) is 1. The first kappa shape index (κ1) is 11.3. The van der Waals surface area contributed by atoms with Crippen LogP contribution in [0.25, 0.3) is 11.1 Å². The Morgan fingerprint density at radius 3 is 2.67 bits per heavy atom. The minimum absolute atomic E-state index is 0.428. The number of para-hydroxylation sites is 1. The molecular weight excluding hydrogens is 222 g/mol. The molecule has 1 aliphatic heterocycles. The van der Waals surface area contributed by atoms with Gasteiger partial charge in [0.1, 0.15) is 5.75 Å². The molecule has 0 saturated carbocycles. The molecular formula is C16H17NO. The summed E-state index contributed by atoms with van der Waals surface area (Å²) in [6.07, 6.45) is 1.02. The second-order valence-electron chi connectivity index (χ2n) is 4.66. The van der Waals surface area contributed by atoms with Gasteiger partial charge in [-0.05, 0) is 24.1 Å². The maximum atomic E-state index is 5.89. The number of nitrogens with two attached hydrogens (primary N) is 1. The predicted octanol–water partition coefficient (Wildman–Crippen LogP) is 3.18. The fourth-order valence-corrected chi connectivity index (χ4v) is 2.59. The predicted molar refractivity (Wildman–Crippen MR) is 73.8 cm³/mol. The molecule has 0 radical (unpaired) electrons. The molecule has 0 amide bonds. The molecule has 0 aromatic heterocycles. The van der Waals surface area contributed by atoms with Crippen LogP contribution in [0.1, 0.15) is 17.9 Å². The molecule has 0 aliphatic carbocycles. The summed E-state index contributed by atoms with van der Waals surface area (Å²) in [6, 6.07) is 16.7. The largest absolute Gasteiger partial charge is 0.493 e. The van der Waals surface area contributed by atoms with E-state index in [1.165, 1.54) is 16.7 Å². The Morgan fingerprint density at radius 1 is 1.06 bits per heavy atom. The minimum Gasteiger partial charge on any atom is -0.493 e. The molecule has 2 nitrogen and oxygen atoms in total. The van der Waals surface area contributed by atoms with Crippen LogP contribution in [0.2, 0.25) is 0 Å². The van der Waals surface area contributed by atoms with E-state index in [1.807, 2.05) is 6.07 Å². The lowest BCUT2D eigenvalue weighted by Gasteiger charge is -2.26. The highest BCUT2D eigenvalue weighted by Crippen LogP contribution is 2.40. The molecule has 92 valence electrons. The fourth-order valence-electron chi connectivity index (χ4n) is 2.59. The van der Waals surface area contributed by atoms with Crippen LogP contribution in [0.5, 0.6) is 5.75 Å². The van der Waals surface area contributed by atoms with Gasteiger partial charge in [0.2, 0.25) is 0 Å². The highest BCUT2D eigenvalue weighted by atomic mass is 16.5. The summed E-state index contributed by atoms with van der Waals surface area (Å²) < 4.78 is 5.89. The zero-order valence-corrected chi connectivity index (χ0v) is 10.3. The summed E-state index contributed by atoms with van der Waals surface area (Å²) >= 11 is 0. The second kappa shape index (κ2) is 4.83. The zero-order chi connectivity index (χ0) is 12.4. The zero-order valence-electron chi connectivity index (χ0n) is 10.3. The number of hydrogen-bond acceptors (Lipinski definition) is 2. The summed E-state index contributed by atoms with van der Waals surface area (Å²) in [7, 11) is 0. The SMILES string of the molecule is NC[C@H]1CCOc2c(-c3ccccc3)cccc21. The average molecular weight is 239 g/mol. The van der Waals surface area contributed by atoms with Crippen molar-refractivity contribution < 1.29 is 4.74 Å². The van der Waals surface area contributed by atoms with E-state index in [1.54, 1.807) is 0 Å². The average Bonchev–Trinajstić information content (AvgIpc) is 2.47. The number of benzene rings is 2. The topological polar surface area (TPSA) is 35.2 Å². The molecule has 0 fully saturated rings. The van der Waals surface area contributed by atoms with Crippen LogP contribution in [0.15, 0.2) is 48.5 Å². The number of fused-ring (bicyclic) bond motifs is 1. The van der Waals surface area contributed by atoms with Gasteiger partial charge >= 0.3 is 0 Å². The van der Waals surface area contributed by atoms with E-state index in [-0.39, 0.29) is 0 Å². The maximum absolute atomic E-state index is 5.89. The molecule has 1 aliphatic rings. The van der Waals surface area contributed by atoms with E-state index in [2.05, 4.69) is 42.5 Å². The third-order valence-corrected chi connectivity index (χ3v) is 3.57. The number of rotatable bonds is 2. The van der Waals surface area contributed by atoms with E-state index < -0.39 is 0 Å². The summed E-state index contributed by atoms with van der Waals surface area (Å²) in [4.78, 5) is 0. The van der Waals surface area contributed by atoms with Gasteiger partial charge in [-0.1, -0.05) is 48.5 Å². The Hall–Kier alpha value is -1.80. The van der Waals surface area contributed by atoms with E-state index in [0.717, 1.165) is 18.8 Å². The second-order valence-corrected chi connectivity index (χ2v) is 4.66. The lowest BCUT2D eigenvalue weighted by molar-refractivity contribution is 0.270. The van der Waals surface area contributed by atoms with Crippen molar-refractivity contribution in [1.29, 1.82) is 0 Å². The van der Waals surface area contributed by atoms with Crippen LogP contribution in [-0.2, 0) is 0 Å². The van der Waals surface area contributed by atoms with E-state index in [4.69, 9.17) is 10.5 Å². The Bertz CT molecular complexity index is 536. The highest BCUT2D eigenvalue weighted by Gasteiger charge is 2.22. The van der Waals surface area contributed by atoms with Crippen LogP contribution >= 0.6 is 0 Å². The molecule has 0 unspecified atom stereocenters. The smallest absolute Gasteiger partial charge is 0.130 e. The molecule has 3 rings (SSSR count). The fraction of sp³-hybridized carbons (Fsp3) is 0.250. The van der Waals surface area contributed by atoms with Crippen LogP contribution in [0.4, 0.5) is 0 Å². The van der Waals surface area contributed by atoms with Crippen LogP contribution in [0.3, 0.4) is 0 Å². The van der Waals surface area contributed by atoms with Gasteiger partial charge in [0.25, 0.3) is 0 Å². The molecule has 0 bridgehead atoms. The van der Waals surface area contributed by atoms with Crippen molar-refractivity contribution in [3.63, 3.8) is 0 Å². The van der Waals surface area contributed by atoms with Crippen molar-refractivity contribution >= 4 is 0 Å². The molecule has 1 atom stereocenters. The van der Waals surface area contributed by atoms with E-state index in [0.29, 0.717) is 12.5 Å². The summed E-state index contributed by atoms with van der Waals surface area (Å²) in [5.41, 5.74) is 9.48. The van der Waals surface area contributed by atoms with E-state index >= 15 is 0 Å².